The van der Waals surface area contributed by atoms with Gasteiger partial charge >= 0.3 is 0 Å². The van der Waals surface area contributed by atoms with Gasteiger partial charge in [-0.05, 0) is 36.6 Å². The molecule has 0 saturated carbocycles. The van der Waals surface area contributed by atoms with Gasteiger partial charge in [0.2, 0.25) is 0 Å². The van der Waals surface area contributed by atoms with Crippen LogP contribution in [0, 0.1) is 6.92 Å². The highest BCUT2D eigenvalue weighted by Crippen LogP contribution is 2.21. The lowest BCUT2D eigenvalue weighted by Gasteiger charge is -2.15. The summed E-state index contributed by atoms with van der Waals surface area (Å²) in [6.07, 6.45) is 0. The molecule has 0 fully saturated rings. The number of rotatable bonds is 11. The molecule has 6 heteroatoms. The zero-order chi connectivity index (χ0) is 20.9. The van der Waals surface area contributed by atoms with Gasteiger partial charge in [-0.15, -0.1) is 0 Å². The molecule has 0 spiro atoms. The molecule has 0 radical (unpaired) electrons. The van der Waals surface area contributed by atoms with E-state index in [0.717, 1.165) is 29.4 Å². The first-order chi connectivity index (χ1) is 14.2. The van der Waals surface area contributed by atoms with Crippen LogP contribution in [0.15, 0.2) is 47.5 Å². The van der Waals surface area contributed by atoms with Gasteiger partial charge in [0.25, 0.3) is 0 Å². The van der Waals surface area contributed by atoms with Crippen LogP contribution in [0.25, 0.3) is 0 Å². The molecule has 0 atom stereocenters. The molecular weight excluding hydrogens is 366 g/mol. The van der Waals surface area contributed by atoms with Crippen LogP contribution in [-0.4, -0.2) is 39.9 Å². The van der Waals surface area contributed by atoms with Gasteiger partial charge in [-0.25, -0.2) is 4.99 Å². The van der Waals surface area contributed by atoms with Crippen molar-refractivity contribution >= 4 is 5.96 Å². The summed E-state index contributed by atoms with van der Waals surface area (Å²) in [6.45, 7) is 7.77. The van der Waals surface area contributed by atoms with Crippen molar-refractivity contribution in [3.05, 3.63) is 64.7 Å². The van der Waals surface area contributed by atoms with E-state index in [1.807, 2.05) is 18.2 Å². The maximum atomic E-state index is 5.87. The number of aliphatic imine (C=N–C) groups is 1. The third-order valence-electron chi connectivity index (χ3n) is 4.38. The van der Waals surface area contributed by atoms with Crippen LogP contribution in [0.4, 0.5) is 0 Å². The van der Waals surface area contributed by atoms with Crippen LogP contribution in [-0.2, 0) is 29.2 Å². The van der Waals surface area contributed by atoms with Crippen LogP contribution in [0.5, 0.6) is 5.75 Å². The summed E-state index contributed by atoms with van der Waals surface area (Å²) in [5.74, 6) is 1.62. The number of ether oxygens (including phenoxy) is 3. The van der Waals surface area contributed by atoms with Crippen molar-refractivity contribution in [2.75, 3.05) is 34.0 Å². The van der Waals surface area contributed by atoms with E-state index in [2.05, 4.69) is 48.7 Å². The Balaban J connectivity index is 2.07. The van der Waals surface area contributed by atoms with Gasteiger partial charge in [0.15, 0.2) is 5.96 Å². The minimum atomic E-state index is 0.519. The summed E-state index contributed by atoms with van der Waals surface area (Å²) in [7, 11) is 3.38. The largest absolute Gasteiger partial charge is 0.491 e. The molecule has 0 bridgehead atoms. The molecule has 2 aromatic carbocycles. The smallest absolute Gasteiger partial charge is 0.191 e. The summed E-state index contributed by atoms with van der Waals surface area (Å²) < 4.78 is 16.3. The highest BCUT2D eigenvalue weighted by Gasteiger charge is 2.06. The van der Waals surface area contributed by atoms with Crippen molar-refractivity contribution < 1.29 is 14.2 Å². The molecule has 0 aliphatic heterocycles. The summed E-state index contributed by atoms with van der Waals surface area (Å²) in [5, 5.41) is 6.72. The zero-order valence-electron chi connectivity index (χ0n) is 18.0. The molecule has 2 rings (SSSR count). The average Bonchev–Trinajstić information content (AvgIpc) is 2.72. The minimum absolute atomic E-state index is 0.519. The minimum Gasteiger partial charge on any atom is -0.491 e. The number of aryl methyl sites for hydroxylation is 1. The van der Waals surface area contributed by atoms with Gasteiger partial charge in [0, 0.05) is 32.9 Å². The Morgan fingerprint density at radius 2 is 1.72 bits per heavy atom. The van der Waals surface area contributed by atoms with Crippen molar-refractivity contribution in [3.8, 4) is 5.75 Å². The number of guanidine groups is 1. The standard InChI is InChI=1S/C23H33N3O3/c1-5-24-23(25-15-19-8-6-7-9-21(19)17-28-4)26-16-20-11-10-18(2)14-22(20)29-13-12-27-3/h6-11,14H,5,12-13,15-17H2,1-4H3,(H2,24,25,26). The quantitative estimate of drug-likeness (QED) is 0.344. The molecule has 2 N–H and O–H groups in total. The van der Waals surface area contributed by atoms with Gasteiger partial charge in [-0.2, -0.15) is 0 Å². The first-order valence-corrected chi connectivity index (χ1v) is 9.97. The van der Waals surface area contributed by atoms with Crippen LogP contribution in [0.2, 0.25) is 0 Å². The predicted molar refractivity (Wildman–Crippen MR) is 117 cm³/mol. The van der Waals surface area contributed by atoms with E-state index in [4.69, 9.17) is 19.2 Å². The number of methoxy groups -OCH3 is 2. The Morgan fingerprint density at radius 3 is 2.45 bits per heavy atom. The fourth-order valence-electron chi connectivity index (χ4n) is 2.87. The Bertz CT molecular complexity index is 778. The van der Waals surface area contributed by atoms with E-state index in [-0.39, 0.29) is 0 Å². The molecule has 2 aromatic rings. The monoisotopic (exact) mass is 399 g/mol. The van der Waals surface area contributed by atoms with Crippen molar-refractivity contribution in [2.45, 2.75) is 33.5 Å². The second-order valence-electron chi connectivity index (χ2n) is 6.70. The number of nitrogens with one attached hydrogen (secondary N) is 2. The van der Waals surface area contributed by atoms with Gasteiger partial charge in [0.1, 0.15) is 12.4 Å². The van der Waals surface area contributed by atoms with Gasteiger partial charge < -0.3 is 24.8 Å². The average molecular weight is 400 g/mol. The third-order valence-corrected chi connectivity index (χ3v) is 4.38. The number of hydrogen-bond acceptors (Lipinski definition) is 4. The van der Waals surface area contributed by atoms with Crippen LogP contribution >= 0.6 is 0 Å². The highest BCUT2D eigenvalue weighted by molar-refractivity contribution is 5.79. The normalized spacial score (nSPS) is 11.4. The molecule has 158 valence electrons. The molecule has 29 heavy (non-hydrogen) atoms. The topological polar surface area (TPSA) is 64.1 Å². The lowest BCUT2D eigenvalue weighted by molar-refractivity contribution is 0.145. The molecule has 0 aliphatic carbocycles. The summed E-state index contributed by atoms with van der Waals surface area (Å²) >= 11 is 0. The van der Waals surface area contributed by atoms with E-state index >= 15 is 0 Å². The molecule has 0 aromatic heterocycles. The number of benzene rings is 2. The van der Waals surface area contributed by atoms with E-state index in [1.54, 1.807) is 14.2 Å². The van der Waals surface area contributed by atoms with E-state index in [1.165, 1.54) is 11.1 Å². The van der Waals surface area contributed by atoms with Crippen molar-refractivity contribution in [1.29, 1.82) is 0 Å². The molecule has 0 unspecified atom stereocenters. The Labute approximate surface area is 174 Å². The Kier molecular flexibility index (Phi) is 10.0. The lowest BCUT2D eigenvalue weighted by Crippen LogP contribution is -2.37. The second-order valence-corrected chi connectivity index (χ2v) is 6.70. The maximum Gasteiger partial charge on any atom is 0.191 e. The van der Waals surface area contributed by atoms with Gasteiger partial charge in [-0.3, -0.25) is 0 Å². The van der Waals surface area contributed by atoms with Crippen molar-refractivity contribution in [3.63, 3.8) is 0 Å². The van der Waals surface area contributed by atoms with Crippen LogP contribution in [0.1, 0.15) is 29.2 Å². The number of hydrogen-bond donors (Lipinski definition) is 2. The number of nitrogens with zero attached hydrogens (tertiary/aromatic N) is 1. The fraction of sp³-hybridized carbons (Fsp3) is 0.435. The van der Waals surface area contributed by atoms with E-state index < -0.39 is 0 Å². The molecule has 0 saturated heterocycles. The SMILES string of the molecule is CCNC(=NCc1ccc(C)cc1OCCOC)NCc1ccccc1COC. The second kappa shape index (κ2) is 12.8. The highest BCUT2D eigenvalue weighted by atomic mass is 16.5. The van der Waals surface area contributed by atoms with Gasteiger partial charge in [0.05, 0.1) is 19.8 Å². The summed E-state index contributed by atoms with van der Waals surface area (Å²) in [4.78, 5) is 4.74. The summed E-state index contributed by atoms with van der Waals surface area (Å²) in [5.41, 5.74) is 4.57. The molecule has 6 nitrogen and oxygen atoms in total. The molecule has 0 amide bonds. The van der Waals surface area contributed by atoms with Crippen molar-refractivity contribution in [2.24, 2.45) is 4.99 Å². The summed E-state index contributed by atoms with van der Waals surface area (Å²) in [6, 6.07) is 14.4. The fourth-order valence-corrected chi connectivity index (χ4v) is 2.87. The Morgan fingerprint density at radius 1 is 0.931 bits per heavy atom. The first-order valence-electron chi connectivity index (χ1n) is 9.97. The third kappa shape index (κ3) is 7.75. The molecular formula is C23H33N3O3. The Hall–Kier alpha value is -2.57. The molecule has 0 aliphatic rings. The zero-order valence-corrected chi connectivity index (χ0v) is 18.0. The molecule has 0 heterocycles. The van der Waals surface area contributed by atoms with Crippen LogP contribution < -0.4 is 15.4 Å². The first kappa shape index (κ1) is 22.7. The lowest BCUT2D eigenvalue weighted by atomic mass is 10.1. The van der Waals surface area contributed by atoms with E-state index in [0.29, 0.717) is 32.9 Å². The predicted octanol–water partition coefficient (Wildman–Crippen LogP) is 3.42. The van der Waals surface area contributed by atoms with E-state index in [9.17, 15) is 0 Å². The van der Waals surface area contributed by atoms with Crippen LogP contribution in [0.3, 0.4) is 0 Å². The van der Waals surface area contributed by atoms with Gasteiger partial charge in [-0.1, -0.05) is 36.4 Å². The maximum absolute atomic E-state index is 5.87. The van der Waals surface area contributed by atoms with Crippen molar-refractivity contribution in [1.82, 2.24) is 10.6 Å².